The number of pyridine rings is 1. The van der Waals surface area contributed by atoms with Crippen LogP contribution in [0.4, 0.5) is 10.2 Å². The lowest BCUT2D eigenvalue weighted by Gasteiger charge is -2.53. The highest BCUT2D eigenvalue weighted by atomic mass is 19.1. The number of halogens is 1. The Morgan fingerprint density at radius 1 is 1.13 bits per heavy atom. The second kappa shape index (κ2) is 11.4. The molecule has 2 aromatic heterocycles. The van der Waals surface area contributed by atoms with E-state index in [0.29, 0.717) is 31.9 Å². The predicted molar refractivity (Wildman–Crippen MR) is 176 cm³/mol. The summed E-state index contributed by atoms with van der Waals surface area (Å²) in [4.78, 5) is 19.3. The fraction of sp³-hybridized carbons (Fsp3) is 0.528. The molecule has 2 bridgehead atoms. The van der Waals surface area contributed by atoms with Gasteiger partial charge in [-0.05, 0) is 94.3 Å². The third-order valence-corrected chi connectivity index (χ3v) is 10.7. The van der Waals surface area contributed by atoms with Crippen molar-refractivity contribution in [3.05, 3.63) is 47.7 Å². The molecule has 9 heteroatoms. The Bertz CT molecular complexity index is 1760. The number of aryl methyl sites for hydroxylation is 2. The number of benzene rings is 2. The number of phenolic OH excluding ortho intramolecular Hbond substituents is 1. The molecule has 7 rings (SSSR count). The summed E-state index contributed by atoms with van der Waals surface area (Å²) < 4.78 is 21.4. The van der Waals surface area contributed by atoms with Crippen molar-refractivity contribution in [3.8, 4) is 23.0 Å². The molecule has 2 aromatic carbocycles. The van der Waals surface area contributed by atoms with Crippen LogP contribution in [0.5, 0.6) is 11.8 Å². The van der Waals surface area contributed by atoms with Gasteiger partial charge < -0.3 is 19.8 Å². The quantitative estimate of drug-likeness (QED) is 0.259. The topological polar surface area (TPSA) is 94.8 Å². The molecule has 0 radical (unpaired) electrons. The van der Waals surface area contributed by atoms with Gasteiger partial charge in [0.2, 0.25) is 0 Å². The van der Waals surface area contributed by atoms with Gasteiger partial charge in [-0.15, -0.1) is 0 Å². The maximum absolute atomic E-state index is 14.9. The number of aliphatic hydroxyl groups is 1. The molecule has 0 saturated carbocycles. The van der Waals surface area contributed by atoms with Crippen LogP contribution in [0, 0.1) is 12.3 Å². The van der Waals surface area contributed by atoms with Crippen LogP contribution in [0.3, 0.4) is 0 Å². The lowest BCUT2D eigenvalue weighted by atomic mass is 9.68. The first kappa shape index (κ1) is 30.1. The van der Waals surface area contributed by atoms with E-state index in [0.717, 1.165) is 83.7 Å². The van der Waals surface area contributed by atoms with E-state index in [1.807, 2.05) is 32.2 Å². The van der Waals surface area contributed by atoms with Gasteiger partial charge in [-0.3, -0.25) is 9.88 Å². The lowest BCUT2D eigenvalue weighted by molar-refractivity contribution is -0.0790. The first-order valence-corrected chi connectivity index (χ1v) is 16.5. The van der Waals surface area contributed by atoms with Gasteiger partial charge in [0.05, 0.1) is 28.8 Å². The molecule has 5 atom stereocenters. The Morgan fingerprint density at radius 3 is 2.76 bits per heavy atom. The van der Waals surface area contributed by atoms with Crippen molar-refractivity contribution < 1.29 is 19.3 Å². The number of aromatic nitrogens is 3. The van der Waals surface area contributed by atoms with Gasteiger partial charge in [-0.25, -0.2) is 4.39 Å². The predicted octanol–water partition coefficient (Wildman–Crippen LogP) is 6.36. The number of hydrogen-bond donors (Lipinski definition) is 2. The van der Waals surface area contributed by atoms with E-state index < -0.39 is 11.8 Å². The summed E-state index contributed by atoms with van der Waals surface area (Å²) >= 11 is 0. The molecule has 4 aromatic rings. The summed E-state index contributed by atoms with van der Waals surface area (Å²) in [6.45, 7) is 11.2. The van der Waals surface area contributed by atoms with Crippen LogP contribution in [0.1, 0.15) is 64.0 Å². The monoisotopic (exact) mass is 613 g/mol. The van der Waals surface area contributed by atoms with Crippen molar-refractivity contribution in [1.29, 1.82) is 0 Å². The summed E-state index contributed by atoms with van der Waals surface area (Å²) in [7, 11) is 0. The Morgan fingerprint density at radius 2 is 1.96 bits per heavy atom. The number of anilines is 1. The van der Waals surface area contributed by atoms with Crippen LogP contribution in [0.25, 0.3) is 32.9 Å². The highest BCUT2D eigenvalue weighted by Crippen LogP contribution is 2.45. The molecular formula is C36H44FN5O3. The molecule has 3 aliphatic rings. The van der Waals surface area contributed by atoms with Crippen molar-refractivity contribution in [1.82, 2.24) is 19.9 Å². The maximum Gasteiger partial charge on any atom is 0.318 e. The molecule has 2 N–H and O–H groups in total. The number of phenols is 1. The number of aromatic hydroxyl groups is 1. The molecule has 0 aliphatic carbocycles. The largest absolute Gasteiger partial charge is 0.508 e. The van der Waals surface area contributed by atoms with E-state index >= 15 is 0 Å². The summed E-state index contributed by atoms with van der Waals surface area (Å²) in [5, 5.41) is 24.5. The van der Waals surface area contributed by atoms with Crippen molar-refractivity contribution in [3.63, 3.8) is 0 Å². The molecule has 0 spiro atoms. The zero-order valence-corrected chi connectivity index (χ0v) is 26.8. The average Bonchev–Trinajstić information content (AvgIpc) is 3.00. The summed E-state index contributed by atoms with van der Waals surface area (Å²) in [6.07, 6.45) is 5.78. The van der Waals surface area contributed by atoms with Crippen LogP contribution < -0.4 is 9.64 Å². The fourth-order valence-electron chi connectivity index (χ4n) is 8.30. The maximum atomic E-state index is 14.9. The first-order valence-electron chi connectivity index (χ1n) is 16.5. The molecule has 45 heavy (non-hydrogen) atoms. The van der Waals surface area contributed by atoms with Gasteiger partial charge in [0.1, 0.15) is 17.7 Å². The number of alkyl halides is 1. The van der Waals surface area contributed by atoms with Gasteiger partial charge >= 0.3 is 6.01 Å². The zero-order valence-electron chi connectivity index (χ0n) is 26.8. The van der Waals surface area contributed by atoms with Gasteiger partial charge in [0, 0.05) is 48.4 Å². The smallest absolute Gasteiger partial charge is 0.318 e. The van der Waals surface area contributed by atoms with E-state index in [2.05, 4.69) is 29.7 Å². The molecular weight excluding hydrogens is 569 g/mol. The van der Waals surface area contributed by atoms with Crippen LogP contribution in [-0.2, 0) is 6.42 Å². The molecule has 8 nitrogen and oxygen atoms in total. The standard InChI is InChI=1S/C36H44FN5O3/c1-5-24-9-6-10-25-15-27(43)16-28(30(24)25)31-22(2)32-29(18-38-31)33(42-14-7-11-35(4,44)20-42)40-34(39-32)45-21-36-12-8-13-41(23(36)3)19-26(37)17-36/h6,9-10,15-16,18,23,26,43-44H,5,7-8,11-14,17,19-21H2,1-4H3/t23?,26-,35?,36+/m1/s1. The summed E-state index contributed by atoms with van der Waals surface area (Å²) in [5.41, 5.74) is 3.23. The number of ether oxygens (including phenoxy) is 1. The SMILES string of the molecule is CCc1cccc2cc(O)cc(-c3ncc4c(N5CCCC(C)(O)C5)nc(OC[C@]56CCCN(C[C@H](F)C5)C6C)nc4c3C)c12. The van der Waals surface area contributed by atoms with Crippen molar-refractivity contribution in [2.45, 2.75) is 84.0 Å². The number of rotatable bonds is 6. The van der Waals surface area contributed by atoms with Crippen molar-refractivity contribution in [2.75, 3.05) is 37.7 Å². The van der Waals surface area contributed by atoms with Crippen LogP contribution >= 0.6 is 0 Å². The molecule has 238 valence electrons. The van der Waals surface area contributed by atoms with Crippen LogP contribution in [0.15, 0.2) is 36.5 Å². The van der Waals surface area contributed by atoms with Gasteiger partial charge in [-0.1, -0.05) is 25.1 Å². The minimum atomic E-state index is -0.866. The van der Waals surface area contributed by atoms with E-state index in [-0.39, 0.29) is 23.2 Å². The number of hydrogen-bond acceptors (Lipinski definition) is 8. The second-order valence-corrected chi connectivity index (χ2v) is 13.9. The summed E-state index contributed by atoms with van der Waals surface area (Å²) in [5.74, 6) is 0.874. The molecule has 3 saturated heterocycles. The summed E-state index contributed by atoms with van der Waals surface area (Å²) in [6, 6.07) is 10.2. The molecule has 3 fully saturated rings. The minimum absolute atomic E-state index is 0.184. The molecule has 0 amide bonds. The fourth-order valence-corrected chi connectivity index (χ4v) is 8.30. The Kier molecular flexibility index (Phi) is 7.60. The van der Waals surface area contributed by atoms with Crippen molar-refractivity contribution >= 4 is 27.5 Å². The highest BCUT2D eigenvalue weighted by Gasteiger charge is 2.48. The third kappa shape index (κ3) is 5.37. The molecule has 5 heterocycles. The van der Waals surface area contributed by atoms with E-state index in [4.69, 9.17) is 19.7 Å². The zero-order chi connectivity index (χ0) is 31.5. The number of β-amino-alcohol motifs (C(OH)–C–C–N with tert-alkyl or cyclic N) is 1. The lowest BCUT2D eigenvalue weighted by Crippen LogP contribution is -2.60. The highest BCUT2D eigenvalue weighted by molar-refractivity contribution is 6.02. The average molecular weight is 614 g/mol. The number of nitrogens with zero attached hydrogens (tertiary/aromatic N) is 5. The normalized spacial score (nSPS) is 28.5. The van der Waals surface area contributed by atoms with Crippen LogP contribution in [0.2, 0.25) is 0 Å². The molecule has 3 aliphatic heterocycles. The second-order valence-electron chi connectivity index (χ2n) is 13.9. The Hall–Kier alpha value is -3.56. The number of fused-ring (bicyclic) bond motifs is 4. The van der Waals surface area contributed by atoms with Gasteiger partial charge in [-0.2, -0.15) is 9.97 Å². The minimum Gasteiger partial charge on any atom is -0.508 e. The third-order valence-electron chi connectivity index (χ3n) is 10.7. The van der Waals surface area contributed by atoms with Crippen LogP contribution in [-0.4, -0.2) is 80.7 Å². The van der Waals surface area contributed by atoms with E-state index in [1.54, 1.807) is 12.1 Å². The van der Waals surface area contributed by atoms with Gasteiger partial charge in [0.25, 0.3) is 0 Å². The van der Waals surface area contributed by atoms with E-state index in [1.165, 1.54) is 5.56 Å². The molecule has 3 unspecified atom stereocenters. The first-order chi connectivity index (χ1) is 21.6. The Balaban J connectivity index is 1.36. The van der Waals surface area contributed by atoms with Gasteiger partial charge in [0.15, 0.2) is 0 Å². The Labute approximate surface area is 264 Å². The van der Waals surface area contributed by atoms with Crippen molar-refractivity contribution in [2.24, 2.45) is 5.41 Å². The van der Waals surface area contributed by atoms with E-state index in [9.17, 15) is 14.6 Å². The number of piperidine rings is 3.